The van der Waals surface area contributed by atoms with Crippen molar-refractivity contribution >= 4 is 15.7 Å². The summed E-state index contributed by atoms with van der Waals surface area (Å²) in [6, 6.07) is 13.4. The van der Waals surface area contributed by atoms with Gasteiger partial charge in [-0.25, -0.2) is 17.5 Å². The highest BCUT2D eigenvalue weighted by Crippen LogP contribution is 2.40. The summed E-state index contributed by atoms with van der Waals surface area (Å²) in [7, 11) is -0.0901. The maximum Gasteiger partial charge on any atom is 0.244 e. The predicted molar refractivity (Wildman–Crippen MR) is 127 cm³/mol. The fourth-order valence-corrected chi connectivity index (χ4v) is 5.91. The Morgan fingerprint density at radius 2 is 1.97 bits per heavy atom. The second-order valence-electron chi connectivity index (χ2n) is 8.92. The van der Waals surface area contributed by atoms with Gasteiger partial charge in [-0.2, -0.15) is 5.10 Å². The van der Waals surface area contributed by atoms with Crippen LogP contribution < -0.4 is 19.7 Å². The number of ether oxygens (including phenoxy) is 1. The Bertz CT molecular complexity index is 1280. The highest BCUT2D eigenvalue weighted by molar-refractivity contribution is 7.89. The zero-order valence-corrected chi connectivity index (χ0v) is 19.9. The fourth-order valence-electron chi connectivity index (χ4n) is 4.71. The summed E-state index contributed by atoms with van der Waals surface area (Å²) >= 11 is 0. The third kappa shape index (κ3) is 4.40. The first kappa shape index (κ1) is 22.8. The Balaban J connectivity index is 1.34. The Kier molecular flexibility index (Phi) is 6.05. The van der Waals surface area contributed by atoms with E-state index in [9.17, 15) is 8.42 Å². The van der Waals surface area contributed by atoms with Gasteiger partial charge in [0.1, 0.15) is 23.1 Å². The number of nitrogens with one attached hydrogen (secondary N) is 2. The maximum absolute atomic E-state index is 15.0. The predicted octanol–water partition coefficient (Wildman–Crippen LogP) is 2.03. The number of hydrogen-bond acceptors (Lipinski definition) is 6. The molecule has 2 N–H and O–H groups in total. The van der Waals surface area contributed by atoms with Gasteiger partial charge in [0, 0.05) is 49.9 Å². The summed E-state index contributed by atoms with van der Waals surface area (Å²) in [6.45, 7) is 1.24. The third-order valence-corrected chi connectivity index (χ3v) is 8.06. The number of rotatable bonds is 7. The molecule has 0 amide bonds. The van der Waals surface area contributed by atoms with Gasteiger partial charge in [-0.3, -0.25) is 4.68 Å². The first-order valence-electron chi connectivity index (χ1n) is 11.3. The van der Waals surface area contributed by atoms with Crippen LogP contribution in [-0.2, 0) is 23.5 Å². The molecule has 34 heavy (non-hydrogen) atoms. The molecule has 1 fully saturated rings. The Hall–Kier alpha value is -2.95. The molecule has 0 radical (unpaired) electrons. The fraction of sp³-hybridized carbons (Fsp3) is 0.375. The van der Waals surface area contributed by atoms with Crippen LogP contribution in [0.25, 0.3) is 0 Å². The van der Waals surface area contributed by atoms with Crippen molar-refractivity contribution in [2.45, 2.75) is 29.3 Å². The van der Waals surface area contributed by atoms with E-state index in [0.717, 1.165) is 12.0 Å². The van der Waals surface area contributed by atoms with Crippen LogP contribution in [0.3, 0.4) is 0 Å². The van der Waals surface area contributed by atoms with E-state index >= 15 is 4.39 Å². The number of benzene rings is 2. The van der Waals surface area contributed by atoms with Crippen molar-refractivity contribution in [1.29, 1.82) is 0 Å². The Morgan fingerprint density at radius 1 is 1.21 bits per heavy atom. The average molecular weight is 486 g/mol. The van der Waals surface area contributed by atoms with Gasteiger partial charge >= 0.3 is 0 Å². The molecule has 10 heteroatoms. The van der Waals surface area contributed by atoms with Gasteiger partial charge in [0.05, 0.1) is 17.9 Å². The highest BCUT2D eigenvalue weighted by Gasteiger charge is 2.36. The lowest BCUT2D eigenvalue weighted by Gasteiger charge is -2.42. The Labute approximate surface area is 198 Å². The van der Waals surface area contributed by atoms with Crippen molar-refractivity contribution in [3.8, 4) is 5.75 Å². The number of aryl methyl sites for hydroxylation is 1. The molecule has 5 rings (SSSR count). The van der Waals surface area contributed by atoms with Gasteiger partial charge in [0.25, 0.3) is 0 Å². The molecule has 2 aliphatic heterocycles. The molecule has 2 atom stereocenters. The summed E-state index contributed by atoms with van der Waals surface area (Å²) in [5, 5.41) is 7.26. The van der Waals surface area contributed by atoms with E-state index in [0.29, 0.717) is 31.1 Å². The normalized spacial score (nSPS) is 20.5. The third-order valence-electron chi connectivity index (χ3n) is 6.59. The highest BCUT2D eigenvalue weighted by atomic mass is 32.2. The molecule has 1 aromatic heterocycles. The van der Waals surface area contributed by atoms with Crippen molar-refractivity contribution < 1.29 is 17.5 Å². The molecule has 0 spiro atoms. The van der Waals surface area contributed by atoms with Crippen molar-refractivity contribution in [3.63, 3.8) is 0 Å². The van der Waals surface area contributed by atoms with E-state index in [-0.39, 0.29) is 28.7 Å². The van der Waals surface area contributed by atoms with Crippen LogP contribution in [0.4, 0.5) is 10.1 Å². The minimum absolute atomic E-state index is 0.0986. The lowest BCUT2D eigenvalue weighted by atomic mass is 9.83. The van der Waals surface area contributed by atoms with Crippen LogP contribution in [0.15, 0.2) is 59.8 Å². The number of halogens is 1. The number of hydrogen-bond donors (Lipinski definition) is 2. The van der Waals surface area contributed by atoms with Crippen molar-refractivity contribution in [3.05, 3.63) is 71.8 Å². The first-order chi connectivity index (χ1) is 16.3. The Morgan fingerprint density at radius 3 is 2.65 bits per heavy atom. The van der Waals surface area contributed by atoms with Gasteiger partial charge in [-0.15, -0.1) is 0 Å². The van der Waals surface area contributed by atoms with E-state index in [2.05, 4.69) is 27.3 Å². The lowest BCUT2D eigenvalue weighted by molar-refractivity contribution is 0.218. The van der Waals surface area contributed by atoms with Crippen LogP contribution in [-0.4, -0.2) is 57.0 Å². The van der Waals surface area contributed by atoms with Crippen LogP contribution in [0, 0.1) is 5.82 Å². The number of sulfonamides is 1. The molecule has 0 aliphatic carbocycles. The van der Waals surface area contributed by atoms with E-state index in [1.165, 1.54) is 28.7 Å². The summed E-state index contributed by atoms with van der Waals surface area (Å²) < 4.78 is 50.1. The minimum atomic E-state index is -3.67. The number of anilines is 1. The molecule has 0 unspecified atom stereocenters. The SMILES string of the molecule is CN[C@@H]1COc2cc(F)c(N3CC(NS(=O)(=O)c4cnn(C)c4)C3)cc2[C@H]1Cc1ccccc1. The van der Waals surface area contributed by atoms with Gasteiger partial charge in [-0.05, 0) is 25.1 Å². The molecule has 0 bridgehead atoms. The molecule has 0 saturated carbocycles. The van der Waals surface area contributed by atoms with Crippen LogP contribution in [0.2, 0.25) is 0 Å². The molecule has 1 saturated heterocycles. The van der Waals surface area contributed by atoms with Gasteiger partial charge in [-0.1, -0.05) is 30.3 Å². The second-order valence-corrected chi connectivity index (χ2v) is 10.6. The van der Waals surface area contributed by atoms with Gasteiger partial charge in [0.15, 0.2) is 0 Å². The lowest BCUT2D eigenvalue weighted by Crippen LogP contribution is -2.59. The minimum Gasteiger partial charge on any atom is -0.492 e. The van der Waals surface area contributed by atoms with E-state index in [4.69, 9.17) is 4.74 Å². The number of nitrogens with zero attached hydrogens (tertiary/aromatic N) is 3. The standard InChI is InChI=1S/C24H28FN5O3S/c1-26-22-15-33-24-10-21(25)23(9-20(24)19(22)8-16-6-4-3-5-7-16)30-12-17(13-30)28-34(31,32)18-11-27-29(2)14-18/h3-7,9-11,14,17,19,22,26,28H,8,12-13,15H2,1-2H3/t19-,22-/m1/s1. The molecule has 2 aromatic carbocycles. The van der Waals surface area contributed by atoms with Crippen molar-refractivity contribution in [1.82, 2.24) is 19.8 Å². The van der Waals surface area contributed by atoms with Crippen LogP contribution in [0.1, 0.15) is 17.0 Å². The second kappa shape index (κ2) is 9.01. The maximum atomic E-state index is 15.0. The monoisotopic (exact) mass is 485 g/mol. The van der Waals surface area contributed by atoms with Gasteiger partial charge in [0.2, 0.25) is 10.0 Å². The molecular formula is C24H28FN5O3S. The van der Waals surface area contributed by atoms with Gasteiger partial charge < -0.3 is 15.0 Å². The molecule has 8 nitrogen and oxygen atoms in total. The van der Waals surface area contributed by atoms with Crippen molar-refractivity contribution in [2.75, 3.05) is 31.6 Å². The largest absolute Gasteiger partial charge is 0.492 e. The topological polar surface area (TPSA) is 88.5 Å². The molecule has 180 valence electrons. The van der Waals surface area contributed by atoms with Crippen molar-refractivity contribution in [2.24, 2.45) is 7.05 Å². The molecule has 3 aromatic rings. The van der Waals surface area contributed by atoms with E-state index in [1.54, 1.807) is 7.05 Å². The summed E-state index contributed by atoms with van der Waals surface area (Å²) in [5.74, 6) is 0.327. The number of likely N-dealkylation sites (N-methyl/N-ethyl adjacent to an activating group) is 1. The van der Waals surface area contributed by atoms with Crippen LogP contribution in [0.5, 0.6) is 5.75 Å². The number of fused-ring (bicyclic) bond motifs is 1. The summed E-state index contributed by atoms with van der Waals surface area (Å²) in [6.07, 6.45) is 3.57. The first-order valence-corrected chi connectivity index (χ1v) is 12.8. The molecule has 3 heterocycles. The van der Waals surface area contributed by atoms with E-state index in [1.807, 2.05) is 36.2 Å². The van der Waals surface area contributed by atoms with Crippen LogP contribution >= 0.6 is 0 Å². The molecule has 2 aliphatic rings. The smallest absolute Gasteiger partial charge is 0.244 e. The summed E-state index contributed by atoms with van der Waals surface area (Å²) in [4.78, 5) is 1.97. The molecular weight excluding hydrogens is 457 g/mol. The zero-order valence-electron chi connectivity index (χ0n) is 19.1. The number of aromatic nitrogens is 2. The summed E-state index contributed by atoms with van der Waals surface area (Å²) in [5.41, 5.74) is 2.64. The quantitative estimate of drug-likeness (QED) is 0.533. The van der Waals surface area contributed by atoms with E-state index < -0.39 is 10.0 Å². The average Bonchev–Trinajstić information content (AvgIpc) is 3.24. The zero-order chi connectivity index (χ0) is 23.9.